The Hall–Kier alpha value is -0.0300. The second kappa shape index (κ2) is 14.2. The Labute approximate surface area is 171 Å². The van der Waals surface area contributed by atoms with Gasteiger partial charge in [0, 0.05) is 0 Å². The van der Waals surface area contributed by atoms with Crippen LogP contribution in [-0.2, 0) is 10.1 Å². The molecule has 0 radical (unpaired) electrons. The van der Waals surface area contributed by atoms with Crippen molar-refractivity contribution >= 4 is 39.7 Å². The minimum absolute atomic E-state index is 0. The van der Waals surface area contributed by atoms with Crippen LogP contribution in [0.5, 0.6) is 5.75 Å². The SMILES string of the molecule is CCCCCCCCCC(C)CCS(=O)(=O)Oc1ccccc1.[NaH]. The molecule has 3 nitrogen and oxygen atoms in total. The molecule has 0 aliphatic rings. The van der Waals surface area contributed by atoms with Crippen LogP contribution in [0.2, 0.25) is 0 Å². The van der Waals surface area contributed by atoms with Gasteiger partial charge >= 0.3 is 39.7 Å². The second-order valence-corrected chi connectivity index (χ2v) is 8.15. The van der Waals surface area contributed by atoms with Crippen molar-refractivity contribution in [3.05, 3.63) is 30.3 Å². The van der Waals surface area contributed by atoms with Gasteiger partial charge < -0.3 is 4.18 Å². The van der Waals surface area contributed by atoms with Crippen LogP contribution < -0.4 is 4.18 Å². The van der Waals surface area contributed by atoms with Gasteiger partial charge in [0.25, 0.3) is 0 Å². The van der Waals surface area contributed by atoms with Gasteiger partial charge in [-0.3, -0.25) is 0 Å². The number of rotatable bonds is 13. The predicted molar refractivity (Wildman–Crippen MR) is 104 cm³/mol. The zero-order chi connectivity index (χ0) is 17.0. The van der Waals surface area contributed by atoms with Crippen LogP contribution >= 0.6 is 0 Å². The average Bonchev–Trinajstić information content (AvgIpc) is 2.53. The first-order valence-corrected chi connectivity index (χ1v) is 10.6. The van der Waals surface area contributed by atoms with Gasteiger partial charge in [-0.2, -0.15) is 8.42 Å². The quantitative estimate of drug-likeness (QED) is 0.284. The standard InChI is InChI=1S/C19H32O3S.Na.H/c1-3-4-5-6-7-8-10-13-18(2)16-17-23(20,21)22-19-14-11-9-12-15-19;;/h9,11-12,14-15,18H,3-8,10,13,16-17H2,1-2H3;;. The molecule has 0 spiro atoms. The molecule has 0 bridgehead atoms. The molecule has 5 heteroatoms. The summed E-state index contributed by atoms with van der Waals surface area (Å²) < 4.78 is 29.0. The molecule has 1 aromatic carbocycles. The first-order chi connectivity index (χ1) is 11.0. The molecular formula is C19H33NaO3S. The predicted octanol–water partition coefficient (Wildman–Crippen LogP) is 4.91. The van der Waals surface area contributed by atoms with E-state index in [1.54, 1.807) is 24.3 Å². The molecule has 0 aliphatic carbocycles. The van der Waals surface area contributed by atoms with Crippen LogP contribution in [0.4, 0.5) is 0 Å². The monoisotopic (exact) mass is 364 g/mol. The summed E-state index contributed by atoms with van der Waals surface area (Å²) >= 11 is 0. The summed E-state index contributed by atoms with van der Waals surface area (Å²) in [5, 5.41) is 0. The van der Waals surface area contributed by atoms with E-state index in [0.29, 0.717) is 18.1 Å². The summed E-state index contributed by atoms with van der Waals surface area (Å²) in [4.78, 5) is 0. The number of unbranched alkanes of at least 4 members (excludes halogenated alkanes) is 6. The average molecular weight is 365 g/mol. The third-order valence-electron chi connectivity index (χ3n) is 4.13. The van der Waals surface area contributed by atoms with Crippen LogP contribution in [0.25, 0.3) is 0 Å². The molecule has 134 valence electrons. The van der Waals surface area contributed by atoms with Gasteiger partial charge in [0.15, 0.2) is 0 Å². The van der Waals surface area contributed by atoms with Gasteiger partial charge in [0.2, 0.25) is 0 Å². The van der Waals surface area contributed by atoms with E-state index in [9.17, 15) is 8.42 Å². The van der Waals surface area contributed by atoms with Gasteiger partial charge in [-0.05, 0) is 24.5 Å². The van der Waals surface area contributed by atoms with Crippen molar-refractivity contribution in [2.45, 2.75) is 71.6 Å². The van der Waals surface area contributed by atoms with Crippen LogP contribution in [0.1, 0.15) is 71.6 Å². The Morgan fingerprint density at radius 2 is 1.50 bits per heavy atom. The summed E-state index contributed by atoms with van der Waals surface area (Å²) in [5.41, 5.74) is 0. The zero-order valence-electron chi connectivity index (χ0n) is 14.7. The Morgan fingerprint density at radius 1 is 0.917 bits per heavy atom. The molecule has 1 atom stereocenters. The second-order valence-electron chi connectivity index (χ2n) is 6.46. The van der Waals surface area contributed by atoms with E-state index in [0.717, 1.165) is 6.42 Å². The molecule has 1 unspecified atom stereocenters. The Morgan fingerprint density at radius 3 is 2.12 bits per heavy atom. The molecule has 0 saturated heterocycles. The van der Waals surface area contributed by atoms with E-state index in [2.05, 4.69) is 13.8 Å². The molecule has 1 aromatic rings. The topological polar surface area (TPSA) is 43.4 Å². The van der Waals surface area contributed by atoms with Gasteiger partial charge in [0.1, 0.15) is 5.75 Å². The van der Waals surface area contributed by atoms with Crippen molar-refractivity contribution < 1.29 is 12.6 Å². The van der Waals surface area contributed by atoms with Crippen LogP contribution in [-0.4, -0.2) is 43.7 Å². The molecular weight excluding hydrogens is 331 g/mol. The minimum atomic E-state index is -3.48. The third kappa shape index (κ3) is 12.3. The third-order valence-corrected chi connectivity index (χ3v) is 5.31. The van der Waals surface area contributed by atoms with Gasteiger partial charge in [0.05, 0.1) is 5.75 Å². The van der Waals surface area contributed by atoms with E-state index in [-0.39, 0.29) is 35.3 Å². The van der Waals surface area contributed by atoms with E-state index in [1.165, 1.54) is 44.9 Å². The molecule has 0 amide bonds. The number of benzene rings is 1. The Balaban J connectivity index is 0.00000529. The number of hydrogen-bond donors (Lipinski definition) is 0. The van der Waals surface area contributed by atoms with Crippen LogP contribution in [0.3, 0.4) is 0 Å². The fourth-order valence-electron chi connectivity index (χ4n) is 2.60. The van der Waals surface area contributed by atoms with Crippen LogP contribution in [0, 0.1) is 5.92 Å². The van der Waals surface area contributed by atoms with Crippen LogP contribution in [0.15, 0.2) is 30.3 Å². The Bertz CT molecular complexity index is 503. The Kier molecular flexibility index (Phi) is 14.2. The van der Waals surface area contributed by atoms with Gasteiger partial charge in [-0.25, -0.2) is 0 Å². The maximum atomic E-state index is 12.0. The van der Waals surface area contributed by atoms with Gasteiger partial charge in [-0.15, -0.1) is 0 Å². The molecule has 24 heavy (non-hydrogen) atoms. The van der Waals surface area contributed by atoms with E-state index in [4.69, 9.17) is 4.18 Å². The summed E-state index contributed by atoms with van der Waals surface area (Å²) in [6.07, 6.45) is 10.9. The molecule has 0 heterocycles. The van der Waals surface area contributed by atoms with Crippen molar-refractivity contribution in [3.8, 4) is 5.75 Å². The molecule has 0 aromatic heterocycles. The number of hydrogen-bond acceptors (Lipinski definition) is 3. The van der Waals surface area contributed by atoms with Crippen molar-refractivity contribution in [1.29, 1.82) is 0 Å². The van der Waals surface area contributed by atoms with Crippen molar-refractivity contribution in [3.63, 3.8) is 0 Å². The molecule has 0 fully saturated rings. The molecule has 0 aliphatic heterocycles. The maximum absolute atomic E-state index is 12.0. The van der Waals surface area contributed by atoms with Crippen molar-refractivity contribution in [2.24, 2.45) is 5.92 Å². The first kappa shape index (κ1) is 24.0. The molecule has 0 N–H and O–H groups in total. The van der Waals surface area contributed by atoms with Gasteiger partial charge in [-0.1, -0.05) is 83.4 Å². The first-order valence-electron chi connectivity index (χ1n) is 9.00. The van der Waals surface area contributed by atoms with Crippen molar-refractivity contribution in [2.75, 3.05) is 5.75 Å². The fourth-order valence-corrected chi connectivity index (χ4v) is 3.78. The zero-order valence-corrected chi connectivity index (χ0v) is 15.5. The summed E-state index contributed by atoms with van der Waals surface area (Å²) in [6, 6.07) is 8.71. The molecule has 1 rings (SSSR count). The molecule has 0 saturated carbocycles. The summed E-state index contributed by atoms with van der Waals surface area (Å²) in [5.74, 6) is 0.923. The van der Waals surface area contributed by atoms with E-state index < -0.39 is 10.1 Å². The number of para-hydroxylation sites is 1. The summed E-state index contributed by atoms with van der Waals surface area (Å²) in [6.45, 7) is 4.37. The van der Waals surface area contributed by atoms with Crippen molar-refractivity contribution in [1.82, 2.24) is 0 Å². The van der Waals surface area contributed by atoms with E-state index in [1.807, 2.05) is 6.07 Å². The summed E-state index contributed by atoms with van der Waals surface area (Å²) in [7, 11) is -3.48. The fraction of sp³-hybridized carbons (Fsp3) is 0.684. The normalized spacial score (nSPS) is 12.4. The van der Waals surface area contributed by atoms with E-state index >= 15 is 0 Å².